The molecule has 1 aromatic carbocycles. The highest BCUT2D eigenvalue weighted by atomic mass is 14.2. The molecule has 0 aliphatic heterocycles. The summed E-state index contributed by atoms with van der Waals surface area (Å²) < 4.78 is 0. The molecule has 0 aromatic heterocycles. The van der Waals surface area contributed by atoms with Gasteiger partial charge in [-0.15, -0.1) is 0 Å². The summed E-state index contributed by atoms with van der Waals surface area (Å²) in [5, 5.41) is 8.79. The van der Waals surface area contributed by atoms with Gasteiger partial charge in [0.2, 0.25) is 0 Å². The van der Waals surface area contributed by atoms with Gasteiger partial charge in [-0.05, 0) is 36.0 Å². The molecular weight excluding hydrogens is 170 g/mol. The predicted octanol–water partition coefficient (Wildman–Crippen LogP) is 3.52. The number of benzene rings is 1. The van der Waals surface area contributed by atoms with Crippen molar-refractivity contribution >= 4 is 0 Å². The summed E-state index contributed by atoms with van der Waals surface area (Å²) in [6, 6.07) is 9.99. The van der Waals surface area contributed by atoms with Gasteiger partial charge in [0.1, 0.15) is 0 Å². The molecule has 0 spiro atoms. The molecule has 0 bridgehead atoms. The molecule has 73 valence electrons. The molecule has 1 aromatic rings. The quantitative estimate of drug-likeness (QED) is 0.708. The molecular formula is C13H16N. The molecule has 0 aliphatic rings. The van der Waals surface area contributed by atoms with E-state index in [0.29, 0.717) is 11.8 Å². The lowest BCUT2D eigenvalue weighted by atomic mass is 9.86. The lowest BCUT2D eigenvalue weighted by Gasteiger charge is -2.19. The van der Waals surface area contributed by atoms with Gasteiger partial charge in [-0.1, -0.05) is 32.9 Å². The molecule has 1 rings (SSSR count). The Kier molecular flexibility index (Phi) is 3.71. The average Bonchev–Trinajstić information content (AvgIpc) is 2.19. The highest BCUT2D eigenvalue weighted by molar-refractivity contribution is 5.34. The summed E-state index contributed by atoms with van der Waals surface area (Å²) in [5.74, 6) is 1.03. The lowest BCUT2D eigenvalue weighted by Crippen LogP contribution is -2.05. The molecule has 0 aliphatic carbocycles. The van der Waals surface area contributed by atoms with Crippen molar-refractivity contribution in [1.82, 2.24) is 0 Å². The van der Waals surface area contributed by atoms with Crippen LogP contribution in [0.3, 0.4) is 0 Å². The first-order valence-corrected chi connectivity index (χ1v) is 4.98. The Balaban J connectivity index is 2.99. The fourth-order valence-electron chi connectivity index (χ4n) is 1.72. The molecule has 1 unspecified atom stereocenters. The SMILES string of the molecule is [CH2]CC(c1cccc(C#N)c1)C(C)C. The Morgan fingerprint density at radius 1 is 1.43 bits per heavy atom. The smallest absolute Gasteiger partial charge is 0.0991 e. The highest BCUT2D eigenvalue weighted by Gasteiger charge is 2.13. The van der Waals surface area contributed by atoms with Crippen molar-refractivity contribution in [1.29, 1.82) is 5.26 Å². The van der Waals surface area contributed by atoms with E-state index in [9.17, 15) is 0 Å². The van der Waals surface area contributed by atoms with Gasteiger partial charge >= 0.3 is 0 Å². The van der Waals surface area contributed by atoms with Gasteiger partial charge in [0.25, 0.3) is 0 Å². The van der Waals surface area contributed by atoms with Crippen molar-refractivity contribution in [2.24, 2.45) is 5.92 Å². The average molecular weight is 186 g/mol. The lowest BCUT2D eigenvalue weighted by molar-refractivity contribution is 0.501. The molecule has 1 heteroatoms. The van der Waals surface area contributed by atoms with Crippen LogP contribution >= 0.6 is 0 Å². The number of hydrogen-bond donors (Lipinski definition) is 0. The van der Waals surface area contributed by atoms with Crippen LogP contribution in [0.1, 0.15) is 37.3 Å². The van der Waals surface area contributed by atoms with Crippen LogP contribution in [0.4, 0.5) is 0 Å². The van der Waals surface area contributed by atoms with Gasteiger partial charge in [0.05, 0.1) is 11.6 Å². The maximum Gasteiger partial charge on any atom is 0.0991 e. The van der Waals surface area contributed by atoms with Crippen molar-refractivity contribution in [3.8, 4) is 6.07 Å². The zero-order valence-corrected chi connectivity index (χ0v) is 8.83. The fourth-order valence-corrected chi connectivity index (χ4v) is 1.72. The largest absolute Gasteiger partial charge is 0.192 e. The van der Waals surface area contributed by atoms with Crippen LogP contribution in [0, 0.1) is 24.2 Å². The summed E-state index contributed by atoms with van der Waals surface area (Å²) >= 11 is 0. The van der Waals surface area contributed by atoms with Gasteiger partial charge in [-0.2, -0.15) is 5.26 Å². The summed E-state index contributed by atoms with van der Waals surface area (Å²) in [6.45, 7) is 8.33. The zero-order valence-electron chi connectivity index (χ0n) is 8.83. The third-order valence-electron chi connectivity index (χ3n) is 2.56. The molecule has 0 heterocycles. The second-order valence-corrected chi connectivity index (χ2v) is 3.88. The van der Waals surface area contributed by atoms with E-state index >= 15 is 0 Å². The van der Waals surface area contributed by atoms with Crippen LogP contribution in [-0.4, -0.2) is 0 Å². The van der Waals surface area contributed by atoms with Crippen LogP contribution in [0.5, 0.6) is 0 Å². The second-order valence-electron chi connectivity index (χ2n) is 3.88. The number of nitrogens with zero attached hydrogens (tertiary/aromatic N) is 1. The minimum atomic E-state index is 0.461. The highest BCUT2D eigenvalue weighted by Crippen LogP contribution is 2.27. The topological polar surface area (TPSA) is 23.8 Å². The van der Waals surface area contributed by atoms with Gasteiger partial charge < -0.3 is 0 Å². The molecule has 1 atom stereocenters. The fraction of sp³-hybridized carbons (Fsp3) is 0.385. The summed E-state index contributed by atoms with van der Waals surface area (Å²) in [6.07, 6.45) is 0.881. The third-order valence-corrected chi connectivity index (χ3v) is 2.56. The standard InChI is InChI=1S/C13H16N/c1-4-13(10(2)3)12-7-5-6-11(8-12)9-14/h5-8,10,13H,1,4H2,2-3H3. The van der Waals surface area contributed by atoms with Crippen molar-refractivity contribution in [2.75, 3.05) is 0 Å². The minimum Gasteiger partial charge on any atom is -0.192 e. The first-order chi connectivity index (χ1) is 6.69. The minimum absolute atomic E-state index is 0.461. The van der Waals surface area contributed by atoms with E-state index in [4.69, 9.17) is 5.26 Å². The van der Waals surface area contributed by atoms with Crippen molar-refractivity contribution < 1.29 is 0 Å². The van der Waals surface area contributed by atoms with Crippen molar-refractivity contribution in [2.45, 2.75) is 26.2 Å². The number of rotatable bonds is 3. The van der Waals surface area contributed by atoms with Crippen molar-refractivity contribution in [3.63, 3.8) is 0 Å². The number of nitriles is 1. The summed E-state index contributed by atoms with van der Waals surface area (Å²) in [5.41, 5.74) is 1.97. The molecule has 1 radical (unpaired) electrons. The van der Waals surface area contributed by atoms with Crippen LogP contribution in [0.15, 0.2) is 24.3 Å². The molecule has 0 fully saturated rings. The van der Waals surface area contributed by atoms with Gasteiger partial charge in [-0.25, -0.2) is 0 Å². The van der Waals surface area contributed by atoms with Crippen LogP contribution in [0.2, 0.25) is 0 Å². The predicted molar refractivity (Wildman–Crippen MR) is 58.7 cm³/mol. The molecule has 14 heavy (non-hydrogen) atoms. The second kappa shape index (κ2) is 4.81. The van der Waals surface area contributed by atoms with Gasteiger partial charge in [0, 0.05) is 0 Å². The Morgan fingerprint density at radius 3 is 2.64 bits per heavy atom. The van der Waals surface area contributed by atoms with Crippen LogP contribution in [-0.2, 0) is 0 Å². The van der Waals surface area contributed by atoms with Crippen LogP contribution < -0.4 is 0 Å². The summed E-state index contributed by atoms with van der Waals surface area (Å²) in [7, 11) is 0. The first kappa shape index (κ1) is 10.8. The normalized spacial score (nSPS) is 12.5. The zero-order chi connectivity index (χ0) is 10.6. The van der Waals surface area contributed by atoms with Gasteiger partial charge in [0.15, 0.2) is 0 Å². The molecule has 1 nitrogen and oxygen atoms in total. The summed E-state index contributed by atoms with van der Waals surface area (Å²) in [4.78, 5) is 0. The third kappa shape index (κ3) is 2.35. The van der Waals surface area contributed by atoms with Crippen molar-refractivity contribution in [3.05, 3.63) is 42.3 Å². The monoisotopic (exact) mass is 186 g/mol. The first-order valence-electron chi connectivity index (χ1n) is 4.98. The van der Waals surface area contributed by atoms with Gasteiger partial charge in [-0.3, -0.25) is 0 Å². The van der Waals surface area contributed by atoms with E-state index in [1.165, 1.54) is 5.56 Å². The Bertz CT molecular complexity index is 333. The van der Waals surface area contributed by atoms with E-state index in [-0.39, 0.29) is 0 Å². The van der Waals surface area contributed by atoms with E-state index in [2.05, 4.69) is 32.9 Å². The molecule has 0 N–H and O–H groups in total. The maximum atomic E-state index is 8.79. The maximum absolute atomic E-state index is 8.79. The van der Waals surface area contributed by atoms with E-state index in [1.54, 1.807) is 0 Å². The van der Waals surface area contributed by atoms with E-state index in [0.717, 1.165) is 12.0 Å². The number of hydrogen-bond acceptors (Lipinski definition) is 1. The Hall–Kier alpha value is -1.29. The Labute approximate surface area is 86.4 Å². The Morgan fingerprint density at radius 2 is 2.14 bits per heavy atom. The molecule has 0 saturated carbocycles. The molecule has 0 saturated heterocycles. The van der Waals surface area contributed by atoms with Crippen LogP contribution in [0.25, 0.3) is 0 Å². The molecule has 0 amide bonds. The van der Waals surface area contributed by atoms with E-state index in [1.807, 2.05) is 18.2 Å². The van der Waals surface area contributed by atoms with E-state index < -0.39 is 0 Å².